The number of carbonyl (C=O) groups is 1. The summed E-state index contributed by atoms with van der Waals surface area (Å²) in [6.45, 7) is 1.74. The highest BCUT2D eigenvalue weighted by Gasteiger charge is 2.18. The molecule has 1 fully saturated rings. The average Bonchev–Trinajstić information content (AvgIpc) is 2.77. The summed E-state index contributed by atoms with van der Waals surface area (Å²) < 4.78 is 0. The van der Waals surface area contributed by atoms with Gasteiger partial charge in [-0.15, -0.1) is 0 Å². The van der Waals surface area contributed by atoms with Crippen LogP contribution >= 0.6 is 11.3 Å². The molecule has 0 saturated carbocycles. The fourth-order valence-electron chi connectivity index (χ4n) is 1.25. The second-order valence-corrected chi connectivity index (χ2v) is 3.51. The van der Waals surface area contributed by atoms with Crippen molar-refractivity contribution in [1.29, 1.82) is 0 Å². The maximum atomic E-state index is 11.6. The summed E-state index contributed by atoms with van der Waals surface area (Å²) >= 11 is 1.55. The molecule has 1 aromatic heterocycles. The molecule has 0 aromatic carbocycles. The van der Waals surface area contributed by atoms with Gasteiger partial charge in [0.15, 0.2) is 0 Å². The number of hydrogen-bond acceptors (Lipinski definition) is 3. The Bertz CT molecular complexity index is 265. The zero-order valence-corrected chi connectivity index (χ0v) is 7.43. The molecule has 1 aromatic rings. The molecular weight excluding hydrogens is 172 g/mol. The largest absolute Gasteiger partial charge is 0.274 e. The second kappa shape index (κ2) is 3.25. The lowest BCUT2D eigenvalue weighted by molar-refractivity contribution is 0.0727. The van der Waals surface area contributed by atoms with E-state index in [2.05, 4.69) is 5.43 Å². The van der Waals surface area contributed by atoms with Gasteiger partial charge in [-0.2, -0.15) is 11.3 Å². The molecule has 0 bridgehead atoms. The molecule has 0 radical (unpaired) electrons. The van der Waals surface area contributed by atoms with Gasteiger partial charge in [0.25, 0.3) is 5.91 Å². The van der Waals surface area contributed by atoms with Crippen molar-refractivity contribution < 1.29 is 4.79 Å². The fourth-order valence-corrected chi connectivity index (χ4v) is 1.88. The van der Waals surface area contributed by atoms with Crippen LogP contribution in [0, 0.1) is 0 Å². The molecule has 4 heteroatoms. The Morgan fingerprint density at radius 3 is 3.17 bits per heavy atom. The minimum absolute atomic E-state index is 0.0914. The van der Waals surface area contributed by atoms with Crippen LogP contribution in [0.3, 0.4) is 0 Å². The standard InChI is InChI=1S/C8H10N2OS/c11-8(7-2-5-12-6-7)10-4-1-3-9-10/h2,5-6,9H,1,3-4H2. The van der Waals surface area contributed by atoms with Crippen LogP contribution in [-0.4, -0.2) is 24.0 Å². The molecule has 3 nitrogen and oxygen atoms in total. The number of thiophene rings is 1. The Morgan fingerprint density at radius 2 is 2.58 bits per heavy atom. The third-order valence-corrected chi connectivity index (χ3v) is 2.56. The number of nitrogens with one attached hydrogen (secondary N) is 1. The predicted molar refractivity (Wildman–Crippen MR) is 48.0 cm³/mol. The molecule has 0 unspecified atom stereocenters. The topological polar surface area (TPSA) is 32.3 Å². The van der Waals surface area contributed by atoms with Crippen LogP contribution in [0.25, 0.3) is 0 Å². The van der Waals surface area contributed by atoms with Crippen molar-refractivity contribution in [3.8, 4) is 0 Å². The van der Waals surface area contributed by atoms with Crippen LogP contribution in [0.4, 0.5) is 0 Å². The number of amides is 1. The van der Waals surface area contributed by atoms with Gasteiger partial charge in [-0.05, 0) is 17.9 Å². The van der Waals surface area contributed by atoms with E-state index in [1.807, 2.05) is 16.8 Å². The normalized spacial score (nSPS) is 16.8. The summed E-state index contributed by atoms with van der Waals surface area (Å²) in [7, 11) is 0. The molecule has 1 aliphatic rings. The number of hydrazine groups is 1. The van der Waals surface area contributed by atoms with Gasteiger partial charge < -0.3 is 0 Å². The van der Waals surface area contributed by atoms with Gasteiger partial charge in [0.1, 0.15) is 0 Å². The van der Waals surface area contributed by atoms with Gasteiger partial charge in [0.2, 0.25) is 0 Å². The zero-order chi connectivity index (χ0) is 8.39. The molecule has 64 valence electrons. The first-order valence-corrected chi connectivity index (χ1v) is 4.90. The highest BCUT2D eigenvalue weighted by Crippen LogP contribution is 2.10. The van der Waals surface area contributed by atoms with Crippen molar-refractivity contribution in [1.82, 2.24) is 10.4 Å². The quantitative estimate of drug-likeness (QED) is 0.705. The lowest BCUT2D eigenvalue weighted by Crippen LogP contribution is -2.36. The van der Waals surface area contributed by atoms with E-state index in [1.165, 1.54) is 0 Å². The van der Waals surface area contributed by atoms with E-state index in [0.717, 1.165) is 25.1 Å². The lowest BCUT2D eigenvalue weighted by Gasteiger charge is -2.13. The summed E-state index contributed by atoms with van der Waals surface area (Å²) in [5.74, 6) is 0.0914. The summed E-state index contributed by atoms with van der Waals surface area (Å²) in [6, 6.07) is 1.85. The highest BCUT2D eigenvalue weighted by molar-refractivity contribution is 7.08. The molecule has 1 aliphatic heterocycles. The van der Waals surface area contributed by atoms with Gasteiger partial charge in [0, 0.05) is 18.5 Å². The molecule has 0 atom stereocenters. The number of rotatable bonds is 1. The average molecular weight is 182 g/mol. The monoisotopic (exact) mass is 182 g/mol. The number of carbonyl (C=O) groups excluding carboxylic acids is 1. The predicted octanol–water partition coefficient (Wildman–Crippen LogP) is 1.10. The van der Waals surface area contributed by atoms with Gasteiger partial charge in [-0.1, -0.05) is 0 Å². The first-order valence-electron chi connectivity index (χ1n) is 3.95. The Kier molecular flexibility index (Phi) is 2.10. The minimum Gasteiger partial charge on any atom is -0.274 e. The first-order chi connectivity index (χ1) is 5.88. The third-order valence-electron chi connectivity index (χ3n) is 1.87. The van der Waals surface area contributed by atoms with E-state index in [1.54, 1.807) is 16.3 Å². The van der Waals surface area contributed by atoms with E-state index >= 15 is 0 Å². The molecule has 2 rings (SSSR count). The summed E-state index contributed by atoms with van der Waals surface area (Å²) in [5, 5.41) is 5.48. The van der Waals surface area contributed by atoms with Crippen molar-refractivity contribution in [2.24, 2.45) is 0 Å². The van der Waals surface area contributed by atoms with Gasteiger partial charge in [-0.3, -0.25) is 9.80 Å². The first kappa shape index (κ1) is 7.76. The molecular formula is C8H10N2OS. The summed E-state index contributed by atoms with van der Waals surface area (Å²) in [6.07, 6.45) is 1.05. The lowest BCUT2D eigenvalue weighted by atomic mass is 10.3. The van der Waals surface area contributed by atoms with Crippen molar-refractivity contribution in [2.75, 3.05) is 13.1 Å². The summed E-state index contributed by atoms with van der Waals surface area (Å²) in [5.41, 5.74) is 3.82. The van der Waals surface area contributed by atoms with Crippen LogP contribution in [0.2, 0.25) is 0 Å². The molecule has 0 aliphatic carbocycles. The highest BCUT2D eigenvalue weighted by atomic mass is 32.1. The van der Waals surface area contributed by atoms with E-state index in [-0.39, 0.29) is 5.91 Å². The Morgan fingerprint density at radius 1 is 1.67 bits per heavy atom. The SMILES string of the molecule is O=C(c1ccsc1)N1CCCN1. The maximum absolute atomic E-state index is 11.6. The molecule has 1 amide bonds. The van der Waals surface area contributed by atoms with Crippen LogP contribution in [-0.2, 0) is 0 Å². The number of hydrogen-bond donors (Lipinski definition) is 1. The third kappa shape index (κ3) is 1.35. The van der Waals surface area contributed by atoms with Crippen LogP contribution in [0.1, 0.15) is 16.8 Å². The Hall–Kier alpha value is -0.870. The van der Waals surface area contributed by atoms with E-state index in [0.29, 0.717) is 0 Å². The molecule has 1 N–H and O–H groups in total. The maximum Gasteiger partial charge on any atom is 0.268 e. The van der Waals surface area contributed by atoms with Crippen molar-refractivity contribution in [2.45, 2.75) is 6.42 Å². The zero-order valence-electron chi connectivity index (χ0n) is 6.62. The van der Waals surface area contributed by atoms with Gasteiger partial charge >= 0.3 is 0 Å². The minimum atomic E-state index is 0.0914. The van der Waals surface area contributed by atoms with E-state index in [9.17, 15) is 4.79 Å². The van der Waals surface area contributed by atoms with Gasteiger partial charge in [-0.25, -0.2) is 5.43 Å². The Balaban J connectivity index is 2.09. The molecule has 0 spiro atoms. The second-order valence-electron chi connectivity index (χ2n) is 2.73. The number of nitrogens with zero attached hydrogens (tertiary/aromatic N) is 1. The van der Waals surface area contributed by atoms with Crippen LogP contribution in [0.15, 0.2) is 16.8 Å². The van der Waals surface area contributed by atoms with Crippen LogP contribution in [0.5, 0.6) is 0 Å². The Labute approximate surface area is 75.0 Å². The molecule has 12 heavy (non-hydrogen) atoms. The molecule has 1 saturated heterocycles. The fraction of sp³-hybridized carbons (Fsp3) is 0.375. The van der Waals surface area contributed by atoms with Crippen LogP contribution < -0.4 is 5.43 Å². The molecule has 2 heterocycles. The van der Waals surface area contributed by atoms with Crippen molar-refractivity contribution in [3.63, 3.8) is 0 Å². The van der Waals surface area contributed by atoms with Crippen molar-refractivity contribution in [3.05, 3.63) is 22.4 Å². The summed E-state index contributed by atoms with van der Waals surface area (Å²) in [4.78, 5) is 11.6. The van der Waals surface area contributed by atoms with Crippen molar-refractivity contribution >= 4 is 17.2 Å². The smallest absolute Gasteiger partial charge is 0.268 e. The van der Waals surface area contributed by atoms with Gasteiger partial charge in [0.05, 0.1) is 5.56 Å². The van der Waals surface area contributed by atoms with E-state index in [4.69, 9.17) is 0 Å². The van der Waals surface area contributed by atoms with E-state index < -0.39 is 0 Å².